The van der Waals surface area contributed by atoms with Gasteiger partial charge in [0.1, 0.15) is 5.78 Å². The Morgan fingerprint density at radius 3 is 2.50 bits per heavy atom. The topological polar surface area (TPSA) is 38.1 Å². The molecule has 4 heteroatoms. The Morgan fingerprint density at radius 2 is 1.88 bits per heavy atom. The summed E-state index contributed by atoms with van der Waals surface area (Å²) >= 11 is 0. The Bertz CT molecular complexity index is 523. The first-order chi connectivity index (χ1) is 11.7. The van der Waals surface area contributed by atoms with E-state index in [0.717, 1.165) is 25.2 Å². The molecule has 1 aliphatic carbocycles. The number of carbonyl (C=O) groups is 1. The lowest BCUT2D eigenvalue weighted by Gasteiger charge is -2.36. The first-order valence-corrected chi connectivity index (χ1v) is 9.91. The molecule has 1 saturated carbocycles. The summed E-state index contributed by atoms with van der Waals surface area (Å²) in [6.45, 7) is 7.61. The van der Waals surface area contributed by atoms with Crippen molar-refractivity contribution in [1.29, 1.82) is 0 Å². The quantitative estimate of drug-likeness (QED) is 0.794. The van der Waals surface area contributed by atoms with Gasteiger partial charge in [0.2, 0.25) is 0 Å². The van der Waals surface area contributed by atoms with Gasteiger partial charge in [0.05, 0.1) is 12.2 Å². The van der Waals surface area contributed by atoms with Crippen LogP contribution in [0.4, 0.5) is 0 Å². The summed E-state index contributed by atoms with van der Waals surface area (Å²) in [5, 5.41) is 4.59. The molecule has 2 heterocycles. The molecule has 0 radical (unpaired) electrons. The van der Waals surface area contributed by atoms with E-state index in [2.05, 4.69) is 27.8 Å². The van der Waals surface area contributed by atoms with E-state index in [-0.39, 0.29) is 0 Å². The Hall–Kier alpha value is -1.16. The van der Waals surface area contributed by atoms with Crippen LogP contribution in [0.2, 0.25) is 0 Å². The van der Waals surface area contributed by atoms with Gasteiger partial charge >= 0.3 is 0 Å². The Morgan fingerprint density at radius 1 is 1.17 bits per heavy atom. The number of carbonyl (C=O) groups excluding carboxylic acids is 1. The van der Waals surface area contributed by atoms with Crippen molar-refractivity contribution in [3.8, 4) is 0 Å². The highest BCUT2D eigenvalue weighted by atomic mass is 16.1. The first kappa shape index (κ1) is 17.7. The highest BCUT2D eigenvalue weighted by molar-refractivity contribution is 5.78. The SMILES string of the molecule is CCCc1cnn(C2CCN(C[C@H]3CC[C@H](C(C)=O)CC3)CC2)c1. The summed E-state index contributed by atoms with van der Waals surface area (Å²) in [5.74, 6) is 1.55. The normalized spacial score (nSPS) is 26.6. The number of hydrogen-bond acceptors (Lipinski definition) is 3. The van der Waals surface area contributed by atoms with Crippen LogP contribution < -0.4 is 0 Å². The zero-order chi connectivity index (χ0) is 16.9. The molecule has 2 aliphatic rings. The van der Waals surface area contributed by atoms with E-state index in [1.54, 1.807) is 6.92 Å². The monoisotopic (exact) mass is 331 g/mol. The second-order valence-electron chi connectivity index (χ2n) is 7.94. The summed E-state index contributed by atoms with van der Waals surface area (Å²) in [4.78, 5) is 14.1. The van der Waals surface area contributed by atoms with Crippen LogP contribution in [0.1, 0.15) is 70.4 Å². The van der Waals surface area contributed by atoms with Gasteiger partial charge in [-0.1, -0.05) is 13.3 Å². The van der Waals surface area contributed by atoms with Gasteiger partial charge in [-0.15, -0.1) is 0 Å². The van der Waals surface area contributed by atoms with Crippen LogP contribution in [-0.2, 0) is 11.2 Å². The predicted octanol–water partition coefficient (Wildman–Crippen LogP) is 3.87. The van der Waals surface area contributed by atoms with Gasteiger partial charge in [-0.2, -0.15) is 5.10 Å². The average molecular weight is 332 g/mol. The third kappa shape index (κ3) is 4.47. The van der Waals surface area contributed by atoms with E-state index in [9.17, 15) is 4.79 Å². The molecule has 0 amide bonds. The summed E-state index contributed by atoms with van der Waals surface area (Å²) in [7, 11) is 0. The number of piperidine rings is 1. The zero-order valence-corrected chi connectivity index (χ0v) is 15.4. The van der Waals surface area contributed by atoms with Gasteiger partial charge in [0.25, 0.3) is 0 Å². The van der Waals surface area contributed by atoms with Crippen molar-refractivity contribution < 1.29 is 4.79 Å². The summed E-state index contributed by atoms with van der Waals surface area (Å²) < 4.78 is 2.21. The molecule has 1 aliphatic heterocycles. The predicted molar refractivity (Wildman–Crippen MR) is 97.1 cm³/mol. The Balaban J connectivity index is 1.41. The van der Waals surface area contributed by atoms with Crippen molar-refractivity contribution in [2.75, 3.05) is 19.6 Å². The highest BCUT2D eigenvalue weighted by Gasteiger charge is 2.27. The van der Waals surface area contributed by atoms with Crippen LogP contribution in [0.25, 0.3) is 0 Å². The molecule has 0 spiro atoms. The molecule has 0 bridgehead atoms. The molecule has 3 rings (SSSR count). The second-order valence-corrected chi connectivity index (χ2v) is 7.94. The minimum Gasteiger partial charge on any atom is -0.303 e. The van der Waals surface area contributed by atoms with Crippen LogP contribution in [0.5, 0.6) is 0 Å². The number of aromatic nitrogens is 2. The molecule has 24 heavy (non-hydrogen) atoms. The zero-order valence-electron chi connectivity index (χ0n) is 15.4. The van der Waals surface area contributed by atoms with Crippen molar-refractivity contribution in [3.63, 3.8) is 0 Å². The Kier molecular flexibility index (Phi) is 6.09. The van der Waals surface area contributed by atoms with E-state index in [1.807, 2.05) is 6.20 Å². The molecule has 0 atom stereocenters. The van der Waals surface area contributed by atoms with Gasteiger partial charge < -0.3 is 4.90 Å². The maximum Gasteiger partial charge on any atom is 0.132 e. The van der Waals surface area contributed by atoms with Crippen molar-refractivity contribution in [2.45, 2.75) is 71.3 Å². The molecule has 2 fully saturated rings. The fraction of sp³-hybridized carbons (Fsp3) is 0.800. The molecular formula is C20H33N3O. The van der Waals surface area contributed by atoms with E-state index in [0.29, 0.717) is 17.7 Å². The number of ketones is 1. The standard InChI is InChI=1S/C20H33N3O/c1-3-4-18-13-21-23(15-18)20-9-11-22(12-10-20)14-17-5-7-19(8-6-17)16(2)24/h13,15,17,19-20H,3-12,14H2,1-2H3/t17-,19-. The lowest BCUT2D eigenvalue weighted by atomic mass is 9.80. The molecule has 1 saturated heterocycles. The maximum absolute atomic E-state index is 11.5. The fourth-order valence-electron chi connectivity index (χ4n) is 4.48. The average Bonchev–Trinajstić information content (AvgIpc) is 3.05. The van der Waals surface area contributed by atoms with Crippen molar-refractivity contribution in [3.05, 3.63) is 18.0 Å². The molecule has 134 valence electrons. The van der Waals surface area contributed by atoms with Crippen molar-refractivity contribution >= 4 is 5.78 Å². The van der Waals surface area contributed by atoms with Gasteiger partial charge in [0, 0.05) is 31.7 Å². The van der Waals surface area contributed by atoms with Crippen molar-refractivity contribution in [2.24, 2.45) is 11.8 Å². The molecule has 0 unspecified atom stereocenters. The molecule has 0 aromatic carbocycles. The van der Waals surface area contributed by atoms with E-state index in [1.165, 1.54) is 57.3 Å². The summed E-state index contributed by atoms with van der Waals surface area (Å²) in [6.07, 6.45) is 13.8. The number of rotatable bonds is 6. The van der Waals surface area contributed by atoms with Crippen LogP contribution in [0.15, 0.2) is 12.4 Å². The summed E-state index contributed by atoms with van der Waals surface area (Å²) in [5.41, 5.74) is 1.38. The molecule has 0 N–H and O–H groups in total. The van der Waals surface area contributed by atoms with E-state index < -0.39 is 0 Å². The number of hydrogen-bond donors (Lipinski definition) is 0. The molecule has 4 nitrogen and oxygen atoms in total. The molecule has 1 aromatic heterocycles. The lowest BCUT2D eigenvalue weighted by molar-refractivity contribution is -0.121. The summed E-state index contributed by atoms with van der Waals surface area (Å²) in [6, 6.07) is 0.584. The van der Waals surface area contributed by atoms with Crippen LogP contribution >= 0.6 is 0 Å². The number of likely N-dealkylation sites (tertiary alicyclic amines) is 1. The van der Waals surface area contributed by atoms with Gasteiger partial charge in [-0.05, 0) is 63.4 Å². The smallest absolute Gasteiger partial charge is 0.132 e. The third-order valence-corrected chi connectivity index (χ3v) is 6.06. The van der Waals surface area contributed by atoms with Gasteiger partial charge in [-0.3, -0.25) is 9.48 Å². The van der Waals surface area contributed by atoms with Crippen molar-refractivity contribution in [1.82, 2.24) is 14.7 Å². The Labute approximate surface area is 146 Å². The number of nitrogens with zero attached hydrogens (tertiary/aromatic N) is 3. The van der Waals surface area contributed by atoms with E-state index in [4.69, 9.17) is 0 Å². The van der Waals surface area contributed by atoms with Crippen LogP contribution in [-0.4, -0.2) is 40.1 Å². The first-order valence-electron chi connectivity index (χ1n) is 9.91. The highest BCUT2D eigenvalue weighted by Crippen LogP contribution is 2.31. The van der Waals surface area contributed by atoms with Crippen LogP contribution in [0.3, 0.4) is 0 Å². The number of aryl methyl sites for hydroxylation is 1. The largest absolute Gasteiger partial charge is 0.303 e. The third-order valence-electron chi connectivity index (χ3n) is 6.06. The lowest BCUT2D eigenvalue weighted by Crippen LogP contribution is -2.39. The van der Waals surface area contributed by atoms with Crippen LogP contribution in [0, 0.1) is 11.8 Å². The second kappa shape index (κ2) is 8.28. The maximum atomic E-state index is 11.5. The molecule has 1 aromatic rings. The van der Waals surface area contributed by atoms with Gasteiger partial charge in [0.15, 0.2) is 0 Å². The van der Waals surface area contributed by atoms with E-state index >= 15 is 0 Å². The molecular weight excluding hydrogens is 298 g/mol. The minimum absolute atomic E-state index is 0.351. The fourth-order valence-corrected chi connectivity index (χ4v) is 4.48. The minimum atomic E-state index is 0.351. The van der Waals surface area contributed by atoms with Gasteiger partial charge in [-0.25, -0.2) is 0 Å². The number of Topliss-reactive ketones (excluding diaryl/α,β-unsaturated/α-hetero) is 1.